The van der Waals surface area contributed by atoms with Crippen molar-refractivity contribution >= 4 is 17.4 Å². The van der Waals surface area contributed by atoms with Gasteiger partial charge in [-0.25, -0.2) is 4.39 Å². The molecule has 3 nitrogen and oxygen atoms in total. The number of benzene rings is 2. The largest absolute Gasteiger partial charge is 0.300 e. The third kappa shape index (κ3) is 2.23. The van der Waals surface area contributed by atoms with Crippen molar-refractivity contribution in [1.29, 1.82) is 0 Å². The predicted molar refractivity (Wildman–Crippen MR) is 77.8 cm³/mol. The number of carbonyl (C=O) groups is 2. The highest BCUT2D eigenvalue weighted by Crippen LogP contribution is 2.33. The Morgan fingerprint density at radius 1 is 1.05 bits per heavy atom. The van der Waals surface area contributed by atoms with Crippen LogP contribution in [0.3, 0.4) is 0 Å². The van der Waals surface area contributed by atoms with Gasteiger partial charge >= 0.3 is 0 Å². The Hall–Kier alpha value is -2.49. The molecule has 1 heterocycles. The summed E-state index contributed by atoms with van der Waals surface area (Å²) >= 11 is 0. The van der Waals surface area contributed by atoms with Crippen LogP contribution in [0.4, 0.5) is 10.1 Å². The standard InChI is InChI=1S/C17H14FNO2/c1-10-7-11(2)15-14(8-10)19(17(21)16(15)20)9-12-3-5-13(18)6-4-12/h3-8H,9H2,1-2H3. The lowest BCUT2D eigenvalue weighted by molar-refractivity contribution is -0.114. The Morgan fingerprint density at radius 2 is 1.71 bits per heavy atom. The molecule has 0 aliphatic carbocycles. The highest BCUT2D eigenvalue weighted by atomic mass is 19.1. The average molecular weight is 283 g/mol. The minimum atomic E-state index is -0.525. The van der Waals surface area contributed by atoms with Gasteiger partial charge in [-0.3, -0.25) is 9.59 Å². The smallest absolute Gasteiger partial charge is 0.299 e. The Balaban J connectivity index is 2.03. The lowest BCUT2D eigenvalue weighted by atomic mass is 10.0. The zero-order valence-electron chi connectivity index (χ0n) is 11.8. The molecular weight excluding hydrogens is 269 g/mol. The van der Waals surface area contributed by atoms with Crippen LogP contribution in [0.5, 0.6) is 0 Å². The third-order valence-corrected chi connectivity index (χ3v) is 3.67. The van der Waals surface area contributed by atoms with E-state index in [-0.39, 0.29) is 12.4 Å². The van der Waals surface area contributed by atoms with Gasteiger partial charge < -0.3 is 4.90 Å². The number of halogens is 1. The van der Waals surface area contributed by atoms with Crippen LogP contribution >= 0.6 is 0 Å². The van der Waals surface area contributed by atoms with Gasteiger partial charge in [0.1, 0.15) is 5.82 Å². The van der Waals surface area contributed by atoms with Crippen molar-refractivity contribution in [3.63, 3.8) is 0 Å². The summed E-state index contributed by atoms with van der Waals surface area (Å²) in [6.07, 6.45) is 0. The lowest BCUT2D eigenvalue weighted by Gasteiger charge is -2.17. The first-order valence-electron chi connectivity index (χ1n) is 6.69. The van der Waals surface area contributed by atoms with Crippen molar-refractivity contribution in [2.24, 2.45) is 0 Å². The quantitative estimate of drug-likeness (QED) is 0.794. The van der Waals surface area contributed by atoms with Crippen LogP contribution in [0.1, 0.15) is 27.0 Å². The molecule has 0 bridgehead atoms. The first-order chi connectivity index (χ1) is 9.97. The fourth-order valence-electron chi connectivity index (χ4n) is 2.72. The summed E-state index contributed by atoms with van der Waals surface area (Å²) in [5.74, 6) is -1.32. The maximum atomic E-state index is 12.9. The van der Waals surface area contributed by atoms with Crippen LogP contribution < -0.4 is 4.90 Å². The number of rotatable bonds is 2. The number of ketones is 1. The van der Waals surface area contributed by atoms with Crippen LogP contribution in [0, 0.1) is 19.7 Å². The normalized spacial score (nSPS) is 13.8. The summed E-state index contributed by atoms with van der Waals surface area (Å²) in [5, 5.41) is 0. The average Bonchev–Trinajstić information content (AvgIpc) is 2.66. The first kappa shape index (κ1) is 13.5. The van der Waals surface area contributed by atoms with Crippen molar-refractivity contribution in [3.05, 3.63) is 64.5 Å². The molecule has 0 N–H and O–H groups in total. The van der Waals surface area contributed by atoms with Gasteiger partial charge in [0, 0.05) is 0 Å². The second-order valence-corrected chi connectivity index (χ2v) is 5.32. The van der Waals surface area contributed by atoms with Crippen molar-refractivity contribution < 1.29 is 14.0 Å². The van der Waals surface area contributed by atoms with E-state index in [1.54, 1.807) is 12.1 Å². The zero-order valence-corrected chi connectivity index (χ0v) is 11.8. The number of nitrogens with zero attached hydrogens (tertiary/aromatic N) is 1. The molecule has 0 saturated heterocycles. The van der Waals surface area contributed by atoms with Crippen LogP contribution in [0.25, 0.3) is 0 Å². The van der Waals surface area contributed by atoms with Crippen LogP contribution in [0.2, 0.25) is 0 Å². The van der Waals surface area contributed by atoms with E-state index in [0.29, 0.717) is 11.3 Å². The number of aryl methyl sites for hydroxylation is 2. The molecule has 0 unspecified atom stereocenters. The van der Waals surface area contributed by atoms with E-state index in [9.17, 15) is 14.0 Å². The topological polar surface area (TPSA) is 37.4 Å². The third-order valence-electron chi connectivity index (χ3n) is 3.67. The molecule has 3 rings (SSSR count). The molecule has 0 aromatic heterocycles. The summed E-state index contributed by atoms with van der Waals surface area (Å²) in [4.78, 5) is 25.8. The van der Waals surface area contributed by atoms with Gasteiger partial charge in [0.15, 0.2) is 0 Å². The minimum Gasteiger partial charge on any atom is -0.300 e. The second-order valence-electron chi connectivity index (χ2n) is 5.32. The molecular formula is C17H14FNO2. The Morgan fingerprint density at radius 3 is 2.38 bits per heavy atom. The number of fused-ring (bicyclic) bond motifs is 1. The monoisotopic (exact) mass is 283 g/mol. The molecule has 0 radical (unpaired) electrons. The van der Waals surface area contributed by atoms with Crippen LogP contribution in [-0.2, 0) is 11.3 Å². The van der Waals surface area contributed by atoms with Crippen molar-refractivity contribution in [2.45, 2.75) is 20.4 Å². The molecule has 0 saturated carbocycles. The zero-order chi connectivity index (χ0) is 15.1. The number of carbonyl (C=O) groups excluding carboxylic acids is 2. The van der Waals surface area contributed by atoms with Crippen LogP contribution in [0.15, 0.2) is 36.4 Å². The molecule has 0 spiro atoms. The highest BCUT2D eigenvalue weighted by Gasteiger charge is 2.37. The van der Waals surface area contributed by atoms with Gasteiger partial charge in [-0.05, 0) is 48.7 Å². The van der Waals surface area contributed by atoms with Crippen molar-refractivity contribution in [3.8, 4) is 0 Å². The lowest BCUT2D eigenvalue weighted by Crippen LogP contribution is -2.29. The first-order valence-corrected chi connectivity index (χ1v) is 6.69. The van der Waals surface area contributed by atoms with Gasteiger partial charge in [0.05, 0.1) is 17.8 Å². The molecule has 1 aliphatic heterocycles. The van der Waals surface area contributed by atoms with Gasteiger partial charge in [-0.1, -0.05) is 18.2 Å². The summed E-state index contributed by atoms with van der Waals surface area (Å²) < 4.78 is 12.9. The maximum Gasteiger partial charge on any atom is 0.299 e. The van der Waals surface area contributed by atoms with Gasteiger partial charge in [0.2, 0.25) is 0 Å². The molecule has 0 atom stereocenters. The van der Waals surface area contributed by atoms with E-state index in [1.807, 2.05) is 26.0 Å². The Labute approximate surface area is 122 Å². The highest BCUT2D eigenvalue weighted by molar-refractivity contribution is 6.52. The van der Waals surface area contributed by atoms with E-state index < -0.39 is 11.7 Å². The van der Waals surface area contributed by atoms with Crippen molar-refractivity contribution in [1.82, 2.24) is 0 Å². The molecule has 21 heavy (non-hydrogen) atoms. The number of amides is 1. The number of Topliss-reactive ketones (excluding diaryl/α,β-unsaturated/α-hetero) is 1. The van der Waals surface area contributed by atoms with Gasteiger partial charge in [-0.2, -0.15) is 0 Å². The summed E-state index contributed by atoms with van der Waals surface area (Å²) in [6.45, 7) is 4.02. The maximum absolute atomic E-state index is 12.9. The summed E-state index contributed by atoms with van der Waals surface area (Å²) in [7, 11) is 0. The Bertz CT molecular complexity index is 750. The fourth-order valence-corrected chi connectivity index (χ4v) is 2.72. The van der Waals surface area contributed by atoms with E-state index in [1.165, 1.54) is 17.0 Å². The molecule has 1 aliphatic rings. The predicted octanol–water partition coefficient (Wildman–Crippen LogP) is 3.17. The fraction of sp³-hybridized carbons (Fsp3) is 0.176. The summed E-state index contributed by atoms with van der Waals surface area (Å²) in [6, 6.07) is 9.67. The minimum absolute atomic E-state index is 0.265. The molecule has 1 amide bonds. The van der Waals surface area contributed by atoms with E-state index in [4.69, 9.17) is 0 Å². The Kier molecular flexibility index (Phi) is 3.09. The number of hydrogen-bond acceptors (Lipinski definition) is 2. The summed E-state index contributed by atoms with van der Waals surface area (Å²) in [5.41, 5.74) is 3.71. The molecule has 0 fully saturated rings. The SMILES string of the molecule is Cc1cc(C)c2c(c1)N(Cc1ccc(F)cc1)C(=O)C2=O. The second kappa shape index (κ2) is 4.81. The van der Waals surface area contributed by atoms with Crippen molar-refractivity contribution in [2.75, 3.05) is 4.90 Å². The van der Waals surface area contributed by atoms with Gasteiger partial charge in [0.25, 0.3) is 11.7 Å². The van der Waals surface area contributed by atoms with E-state index >= 15 is 0 Å². The van der Waals surface area contributed by atoms with E-state index in [2.05, 4.69) is 0 Å². The molecule has 4 heteroatoms. The van der Waals surface area contributed by atoms with E-state index in [0.717, 1.165) is 16.7 Å². The number of anilines is 1. The molecule has 2 aromatic carbocycles. The molecule has 106 valence electrons. The molecule has 2 aromatic rings. The van der Waals surface area contributed by atoms with Gasteiger partial charge in [-0.15, -0.1) is 0 Å². The van der Waals surface area contributed by atoms with Crippen LogP contribution in [-0.4, -0.2) is 11.7 Å². The number of hydrogen-bond donors (Lipinski definition) is 0.